The summed E-state index contributed by atoms with van der Waals surface area (Å²) in [5.41, 5.74) is 1.11. The maximum atomic E-state index is 11.5. The fourth-order valence-electron chi connectivity index (χ4n) is 1.82. The number of halogens is 1. The van der Waals surface area contributed by atoms with E-state index in [1.807, 2.05) is 0 Å². The molecule has 1 aliphatic carbocycles. The van der Waals surface area contributed by atoms with Gasteiger partial charge in [0.25, 0.3) is 15.0 Å². The van der Waals surface area contributed by atoms with Gasteiger partial charge in [-0.25, -0.2) is 8.42 Å². The lowest BCUT2D eigenvalue weighted by molar-refractivity contribution is -0.123. The van der Waals surface area contributed by atoms with Gasteiger partial charge in [0.2, 0.25) is 0 Å². The maximum absolute atomic E-state index is 11.5. The van der Waals surface area contributed by atoms with Crippen LogP contribution in [0.2, 0.25) is 0 Å². The number of rotatable bonds is 5. The normalized spacial score (nSPS) is 14.9. The molecule has 0 heterocycles. The average Bonchev–Trinajstić information content (AvgIpc) is 3.12. The summed E-state index contributed by atoms with van der Waals surface area (Å²) in [5, 5.41) is 2.81. The van der Waals surface area contributed by atoms with Crippen molar-refractivity contribution in [2.45, 2.75) is 37.6 Å². The maximum Gasteiger partial charge on any atom is 0.261 e. The molecule has 1 aromatic rings. The Morgan fingerprint density at radius 2 is 2.00 bits per heavy atom. The van der Waals surface area contributed by atoms with Gasteiger partial charge in [-0.1, -0.05) is 0 Å². The third-order valence-electron chi connectivity index (χ3n) is 3.04. The van der Waals surface area contributed by atoms with Gasteiger partial charge in [-0.3, -0.25) is 4.79 Å². The van der Waals surface area contributed by atoms with Gasteiger partial charge < -0.3 is 10.1 Å². The Balaban J connectivity index is 2.08. The molecule has 0 spiro atoms. The van der Waals surface area contributed by atoms with Crippen LogP contribution >= 0.6 is 10.7 Å². The van der Waals surface area contributed by atoms with Crippen LogP contribution in [-0.2, 0) is 13.8 Å². The molecule has 1 aliphatic rings. The first-order valence-electron chi connectivity index (χ1n) is 6.25. The van der Waals surface area contributed by atoms with Crippen LogP contribution in [0.1, 0.15) is 24.0 Å². The molecule has 1 saturated carbocycles. The lowest BCUT2D eigenvalue weighted by atomic mass is 10.1. The van der Waals surface area contributed by atoms with E-state index in [0.717, 1.165) is 12.8 Å². The molecule has 0 aliphatic heterocycles. The Labute approximate surface area is 122 Å². The van der Waals surface area contributed by atoms with E-state index in [9.17, 15) is 13.2 Å². The first-order valence-corrected chi connectivity index (χ1v) is 8.56. The highest BCUT2D eigenvalue weighted by Gasteiger charge is 2.23. The van der Waals surface area contributed by atoms with Crippen LogP contribution in [0.4, 0.5) is 0 Å². The molecule has 1 fully saturated rings. The molecule has 1 aromatic carbocycles. The van der Waals surface area contributed by atoms with Crippen molar-refractivity contribution in [3.8, 4) is 5.75 Å². The summed E-state index contributed by atoms with van der Waals surface area (Å²) in [6.45, 7) is 3.26. The lowest BCUT2D eigenvalue weighted by Gasteiger charge is -2.12. The van der Waals surface area contributed by atoms with Gasteiger partial charge in [0, 0.05) is 16.7 Å². The van der Waals surface area contributed by atoms with Crippen molar-refractivity contribution < 1.29 is 17.9 Å². The van der Waals surface area contributed by atoms with E-state index in [0.29, 0.717) is 16.9 Å². The first-order chi connectivity index (χ1) is 9.27. The predicted octanol–water partition coefficient (Wildman–Crippen LogP) is 1.89. The SMILES string of the molecule is Cc1cc(S(=O)(=O)Cl)c(C)cc1OCC(=O)NC1CC1. The molecule has 0 bridgehead atoms. The number of amides is 1. The largest absolute Gasteiger partial charge is 0.483 e. The predicted molar refractivity (Wildman–Crippen MR) is 75.6 cm³/mol. The highest BCUT2D eigenvalue weighted by molar-refractivity contribution is 8.13. The van der Waals surface area contributed by atoms with Gasteiger partial charge in [0.05, 0.1) is 4.90 Å². The third-order valence-corrected chi connectivity index (χ3v) is 4.50. The summed E-state index contributed by atoms with van der Waals surface area (Å²) < 4.78 is 28.2. The second-order valence-electron chi connectivity index (χ2n) is 4.95. The van der Waals surface area contributed by atoms with Gasteiger partial charge in [-0.2, -0.15) is 0 Å². The second-order valence-corrected chi connectivity index (χ2v) is 7.49. The zero-order valence-electron chi connectivity index (χ0n) is 11.3. The summed E-state index contributed by atoms with van der Waals surface area (Å²) >= 11 is 0. The number of carbonyl (C=O) groups is 1. The minimum Gasteiger partial charge on any atom is -0.483 e. The van der Waals surface area contributed by atoms with Crippen molar-refractivity contribution in [1.82, 2.24) is 5.32 Å². The van der Waals surface area contributed by atoms with Crippen LogP contribution in [0.5, 0.6) is 5.75 Å². The van der Waals surface area contributed by atoms with Gasteiger partial charge >= 0.3 is 0 Å². The minimum atomic E-state index is -3.77. The molecule has 2 rings (SSSR count). The van der Waals surface area contributed by atoms with Crippen LogP contribution in [-0.4, -0.2) is 27.0 Å². The van der Waals surface area contributed by atoms with Crippen LogP contribution < -0.4 is 10.1 Å². The molecular weight excluding hydrogens is 302 g/mol. The summed E-state index contributed by atoms with van der Waals surface area (Å²) in [6, 6.07) is 3.32. The quantitative estimate of drug-likeness (QED) is 0.842. The standard InChI is InChI=1S/C13H16ClNO4S/c1-8-6-12(20(14,17)18)9(2)5-11(8)19-7-13(16)15-10-3-4-10/h5-6,10H,3-4,7H2,1-2H3,(H,15,16). The summed E-state index contributed by atoms with van der Waals surface area (Å²) in [5.74, 6) is 0.316. The van der Waals surface area contributed by atoms with Gasteiger partial charge in [-0.05, 0) is 49.9 Å². The molecule has 0 atom stereocenters. The molecule has 0 aromatic heterocycles. The van der Waals surface area contributed by atoms with Gasteiger partial charge in [0.1, 0.15) is 5.75 Å². The molecule has 7 heteroatoms. The van der Waals surface area contributed by atoms with Crippen LogP contribution in [0.25, 0.3) is 0 Å². The fraction of sp³-hybridized carbons (Fsp3) is 0.462. The molecule has 5 nitrogen and oxygen atoms in total. The van der Waals surface area contributed by atoms with Crippen molar-refractivity contribution in [2.75, 3.05) is 6.61 Å². The Bertz CT molecular complexity index is 638. The summed E-state index contributed by atoms with van der Waals surface area (Å²) in [7, 11) is 1.57. The van der Waals surface area contributed by atoms with Crippen molar-refractivity contribution in [3.63, 3.8) is 0 Å². The molecule has 0 radical (unpaired) electrons. The molecule has 0 unspecified atom stereocenters. The summed E-state index contributed by atoms with van der Waals surface area (Å²) in [4.78, 5) is 11.6. The Morgan fingerprint density at radius 1 is 1.35 bits per heavy atom. The Kier molecular flexibility index (Phi) is 4.25. The van der Waals surface area contributed by atoms with E-state index in [1.165, 1.54) is 6.07 Å². The number of aryl methyl sites for hydroxylation is 2. The molecule has 20 heavy (non-hydrogen) atoms. The lowest BCUT2D eigenvalue weighted by Crippen LogP contribution is -2.30. The molecule has 0 saturated heterocycles. The zero-order chi connectivity index (χ0) is 14.9. The second kappa shape index (κ2) is 5.61. The van der Waals surface area contributed by atoms with Crippen LogP contribution in [0.15, 0.2) is 17.0 Å². The van der Waals surface area contributed by atoms with E-state index in [1.54, 1.807) is 19.9 Å². The van der Waals surface area contributed by atoms with Gasteiger partial charge in [-0.15, -0.1) is 0 Å². The number of ether oxygens (including phenoxy) is 1. The smallest absolute Gasteiger partial charge is 0.261 e. The summed E-state index contributed by atoms with van der Waals surface area (Å²) in [6.07, 6.45) is 2.04. The molecule has 1 N–H and O–H groups in total. The fourth-order valence-corrected chi connectivity index (χ4v) is 3.08. The first kappa shape index (κ1) is 15.1. The van der Waals surface area contributed by atoms with E-state index in [-0.39, 0.29) is 23.5 Å². The Hall–Kier alpha value is -1.27. The van der Waals surface area contributed by atoms with Crippen LogP contribution in [0.3, 0.4) is 0 Å². The van der Waals surface area contributed by atoms with E-state index >= 15 is 0 Å². The van der Waals surface area contributed by atoms with Crippen molar-refractivity contribution in [3.05, 3.63) is 23.3 Å². The zero-order valence-corrected chi connectivity index (χ0v) is 12.8. The molecule has 110 valence electrons. The highest BCUT2D eigenvalue weighted by atomic mass is 35.7. The number of benzene rings is 1. The molecule has 1 amide bonds. The average molecular weight is 318 g/mol. The minimum absolute atomic E-state index is 0.0615. The van der Waals surface area contributed by atoms with E-state index in [4.69, 9.17) is 15.4 Å². The number of carbonyl (C=O) groups excluding carboxylic acids is 1. The third kappa shape index (κ3) is 3.86. The van der Waals surface area contributed by atoms with Crippen molar-refractivity contribution >= 4 is 25.6 Å². The topological polar surface area (TPSA) is 72.5 Å². The Morgan fingerprint density at radius 3 is 2.55 bits per heavy atom. The monoisotopic (exact) mass is 317 g/mol. The van der Waals surface area contributed by atoms with Crippen LogP contribution in [0, 0.1) is 13.8 Å². The number of hydrogen-bond donors (Lipinski definition) is 1. The van der Waals surface area contributed by atoms with Gasteiger partial charge in [0.15, 0.2) is 6.61 Å². The van der Waals surface area contributed by atoms with Crippen molar-refractivity contribution in [2.24, 2.45) is 0 Å². The van der Waals surface area contributed by atoms with E-state index < -0.39 is 9.05 Å². The number of hydrogen-bond acceptors (Lipinski definition) is 4. The van der Waals surface area contributed by atoms with E-state index in [2.05, 4.69) is 5.32 Å². The number of nitrogens with one attached hydrogen (secondary N) is 1. The highest BCUT2D eigenvalue weighted by Crippen LogP contribution is 2.28. The molecular formula is C13H16ClNO4S. The van der Waals surface area contributed by atoms with Crippen molar-refractivity contribution in [1.29, 1.82) is 0 Å².